The third-order valence-corrected chi connectivity index (χ3v) is 1.05. The zero-order valence-corrected chi connectivity index (χ0v) is 15.8. The van der Waals surface area contributed by atoms with Crippen LogP contribution in [0.3, 0.4) is 0 Å². The molecule has 0 radical (unpaired) electrons. The number of hydrogen-bond donors (Lipinski definition) is 6. The van der Waals surface area contributed by atoms with Gasteiger partial charge in [0.1, 0.15) is 0 Å². The predicted molar refractivity (Wildman–Crippen MR) is 136 cm³/mol. The third-order valence-electron chi connectivity index (χ3n) is 1.05. The first kappa shape index (κ1) is 64.0. The van der Waals surface area contributed by atoms with E-state index in [-0.39, 0.29) is 118 Å². The number of carbonyl (C=O) groups is 6. The van der Waals surface area contributed by atoms with Gasteiger partial charge >= 0.3 is 154 Å². The van der Waals surface area contributed by atoms with Crippen molar-refractivity contribution in [1.82, 2.24) is 0 Å². The fraction of sp³-hybridized carbons (Fsp3) is 0. The van der Waals surface area contributed by atoms with Crippen molar-refractivity contribution in [2.24, 2.45) is 0 Å². The van der Waals surface area contributed by atoms with Crippen LogP contribution in [0.15, 0.2) is 75.9 Å². The molecule has 0 bridgehead atoms. The third kappa shape index (κ3) is 226. The van der Waals surface area contributed by atoms with E-state index in [0.717, 1.165) is 36.5 Å². The Morgan fingerprint density at radius 2 is 0.353 bits per heavy atom. The molecule has 34 heavy (non-hydrogen) atoms. The molecule has 0 rings (SSSR count). The van der Waals surface area contributed by atoms with E-state index in [1.165, 1.54) is 0 Å². The number of carboxylic acids is 6. The van der Waals surface area contributed by atoms with E-state index in [2.05, 4.69) is 39.5 Å². The number of aliphatic carboxylic acids is 6. The average Bonchev–Trinajstić information content (AvgIpc) is 2.69. The Hall–Kier alpha value is -0.740. The first-order valence-corrected chi connectivity index (χ1v) is 6.75. The predicted octanol–water partition coefficient (Wildman–Crippen LogP) is -1.05. The normalized spacial score (nSPS) is 5.65. The van der Waals surface area contributed by atoms with E-state index in [1.807, 2.05) is 0 Å². The van der Waals surface area contributed by atoms with Gasteiger partial charge in [-0.2, -0.15) is 0 Å². The van der Waals surface area contributed by atoms with Gasteiger partial charge in [0.2, 0.25) is 0 Å². The summed E-state index contributed by atoms with van der Waals surface area (Å²) in [7, 11) is 0. The van der Waals surface area contributed by atoms with E-state index in [9.17, 15) is 28.8 Å². The average molecular weight is 528 g/mol. The monoisotopic (exact) mass is 528 g/mol. The van der Waals surface area contributed by atoms with E-state index in [0.29, 0.717) is 0 Å². The minimum absolute atomic E-state index is 0. The van der Waals surface area contributed by atoms with Crippen LogP contribution in [0.5, 0.6) is 0 Å². The minimum atomic E-state index is -0.981. The van der Waals surface area contributed by atoms with Gasteiger partial charge in [-0.05, 0) is 0 Å². The first-order chi connectivity index (χ1) is 13.6. The second kappa shape index (κ2) is 58.3. The summed E-state index contributed by atoms with van der Waals surface area (Å²) in [6.45, 7) is 17.8. The van der Waals surface area contributed by atoms with Crippen molar-refractivity contribution >= 4 is 154 Å². The van der Waals surface area contributed by atoms with Gasteiger partial charge in [0, 0.05) is 36.5 Å². The summed E-state index contributed by atoms with van der Waals surface area (Å²) in [4.78, 5) is 55.5. The van der Waals surface area contributed by atoms with Crippen molar-refractivity contribution in [2.75, 3.05) is 0 Å². The van der Waals surface area contributed by atoms with Crippen molar-refractivity contribution in [1.29, 1.82) is 0 Å². The van der Waals surface area contributed by atoms with E-state index in [1.54, 1.807) is 0 Å². The van der Waals surface area contributed by atoms with Crippen LogP contribution >= 0.6 is 0 Å². The SMILES string of the molecule is C=CC(=O)O.C=CC(=O)O.C=CC(=O)O.C=CC(=O)O.C=CC(=O)O.C=CC(=O)O.[NaH].[NaH].[NaH].[NaH]. The molecule has 16 heteroatoms. The summed E-state index contributed by atoms with van der Waals surface area (Å²) in [5.41, 5.74) is 0. The number of rotatable bonds is 6. The van der Waals surface area contributed by atoms with Gasteiger partial charge in [-0.1, -0.05) is 39.5 Å². The molecule has 0 aliphatic heterocycles. The van der Waals surface area contributed by atoms with Crippen LogP contribution in [-0.4, -0.2) is 185 Å². The summed E-state index contributed by atoms with van der Waals surface area (Å²) in [6, 6.07) is 0. The van der Waals surface area contributed by atoms with Gasteiger partial charge in [0.05, 0.1) is 0 Å². The Labute approximate surface area is 285 Å². The van der Waals surface area contributed by atoms with Gasteiger partial charge in [-0.25, -0.2) is 28.8 Å². The van der Waals surface area contributed by atoms with Crippen molar-refractivity contribution in [2.45, 2.75) is 0 Å². The maximum atomic E-state index is 9.25. The quantitative estimate of drug-likeness (QED) is 0.179. The van der Waals surface area contributed by atoms with Crippen molar-refractivity contribution in [3.63, 3.8) is 0 Å². The zero-order chi connectivity index (χ0) is 25.7. The molecule has 0 aliphatic rings. The Kier molecular flexibility index (Phi) is 110. The van der Waals surface area contributed by atoms with Crippen LogP contribution < -0.4 is 0 Å². The fourth-order valence-corrected chi connectivity index (χ4v) is 0. The molecule has 0 aromatic carbocycles. The second-order valence-corrected chi connectivity index (χ2v) is 3.25. The molecule has 0 unspecified atom stereocenters. The Bertz CT molecular complexity index is 493. The van der Waals surface area contributed by atoms with Gasteiger partial charge in [0.15, 0.2) is 0 Å². The molecule has 0 amide bonds. The molecule has 0 aliphatic carbocycles. The zero-order valence-electron chi connectivity index (χ0n) is 15.8. The van der Waals surface area contributed by atoms with Crippen LogP contribution in [0.1, 0.15) is 0 Å². The molecular weight excluding hydrogens is 500 g/mol. The van der Waals surface area contributed by atoms with Gasteiger partial charge in [0.25, 0.3) is 0 Å². The molecule has 0 atom stereocenters. The molecule has 0 spiro atoms. The summed E-state index contributed by atoms with van der Waals surface area (Å²) < 4.78 is 0. The van der Waals surface area contributed by atoms with E-state index >= 15 is 0 Å². The van der Waals surface area contributed by atoms with Crippen LogP contribution in [0, 0.1) is 0 Å². The second-order valence-electron chi connectivity index (χ2n) is 3.25. The molecule has 0 saturated heterocycles. The molecule has 176 valence electrons. The molecule has 12 nitrogen and oxygen atoms in total. The Morgan fingerprint density at radius 3 is 0.353 bits per heavy atom. The topological polar surface area (TPSA) is 224 Å². The Morgan fingerprint density at radius 1 is 0.324 bits per heavy atom. The summed E-state index contributed by atoms with van der Waals surface area (Å²) >= 11 is 0. The standard InChI is InChI=1S/6C3H4O2.4Na.4H/c6*1-2-3(4)5;;;;;;;;/h6*2H,1H2,(H,4,5);;;;;;;;. The summed E-state index contributed by atoms with van der Waals surface area (Å²) in [6.07, 6.45) is 5.00. The molecule has 0 saturated carbocycles. The molecule has 0 fully saturated rings. The Balaban J connectivity index is -0.0000000248. The number of hydrogen-bond acceptors (Lipinski definition) is 6. The van der Waals surface area contributed by atoms with Gasteiger partial charge in [-0.3, -0.25) is 0 Å². The summed E-state index contributed by atoms with van der Waals surface area (Å²) in [5, 5.41) is 45.6. The fourth-order valence-electron chi connectivity index (χ4n) is 0. The van der Waals surface area contributed by atoms with Gasteiger partial charge < -0.3 is 30.6 Å². The van der Waals surface area contributed by atoms with Crippen LogP contribution in [0.4, 0.5) is 0 Å². The summed E-state index contributed by atoms with van der Waals surface area (Å²) in [5.74, 6) is -5.89. The van der Waals surface area contributed by atoms with Crippen molar-refractivity contribution in [3.8, 4) is 0 Å². The maximum absolute atomic E-state index is 9.25. The molecular formula is C18H28Na4O12. The van der Waals surface area contributed by atoms with Crippen molar-refractivity contribution < 1.29 is 59.4 Å². The van der Waals surface area contributed by atoms with Crippen LogP contribution in [-0.2, 0) is 28.8 Å². The number of carboxylic acid groups (broad SMARTS) is 6. The molecule has 0 aromatic rings. The van der Waals surface area contributed by atoms with E-state index < -0.39 is 35.8 Å². The van der Waals surface area contributed by atoms with E-state index in [4.69, 9.17) is 30.6 Å². The van der Waals surface area contributed by atoms with Crippen LogP contribution in [0.25, 0.3) is 0 Å². The first-order valence-electron chi connectivity index (χ1n) is 6.75. The molecule has 0 aromatic heterocycles. The van der Waals surface area contributed by atoms with Crippen LogP contribution in [0.2, 0.25) is 0 Å². The van der Waals surface area contributed by atoms with Crippen molar-refractivity contribution in [3.05, 3.63) is 75.9 Å². The molecule has 0 heterocycles. The molecule has 6 N–H and O–H groups in total. The van der Waals surface area contributed by atoms with Gasteiger partial charge in [-0.15, -0.1) is 0 Å².